The monoisotopic (exact) mass is 343 g/mol. The van der Waals surface area contributed by atoms with Crippen molar-refractivity contribution in [3.05, 3.63) is 36.4 Å². The van der Waals surface area contributed by atoms with Crippen LogP contribution in [0.2, 0.25) is 0 Å². The molecule has 0 aliphatic heterocycles. The van der Waals surface area contributed by atoms with Crippen molar-refractivity contribution in [1.29, 1.82) is 0 Å². The van der Waals surface area contributed by atoms with E-state index in [0.29, 0.717) is 5.69 Å². The van der Waals surface area contributed by atoms with Crippen LogP contribution in [0.4, 0.5) is 18.9 Å². The number of carbonyl (C=O) groups is 1. The average molecular weight is 343 g/mol. The third-order valence-corrected chi connectivity index (χ3v) is 2.79. The molecule has 10 heteroatoms. The van der Waals surface area contributed by atoms with Gasteiger partial charge in [0.1, 0.15) is 13.3 Å². The van der Waals surface area contributed by atoms with Crippen molar-refractivity contribution in [2.24, 2.45) is 0 Å². The number of carbonyl (C=O) groups excluding carboxylic acids is 1. The maximum atomic E-state index is 12.0. The summed E-state index contributed by atoms with van der Waals surface area (Å²) in [5.41, 5.74) is 1.13. The zero-order valence-corrected chi connectivity index (χ0v) is 12.8. The number of aryl methyl sites for hydroxylation is 1. The van der Waals surface area contributed by atoms with Crippen LogP contribution in [0.5, 0.6) is 0 Å². The van der Waals surface area contributed by atoms with Crippen molar-refractivity contribution in [1.82, 2.24) is 19.6 Å². The van der Waals surface area contributed by atoms with Crippen LogP contribution in [0.3, 0.4) is 0 Å². The third-order valence-electron chi connectivity index (χ3n) is 2.79. The molecular weight excluding hydrogens is 327 g/mol. The first kappa shape index (κ1) is 17.7. The lowest BCUT2D eigenvalue weighted by atomic mass is 10.3. The molecule has 0 atom stereocenters. The SMILES string of the molecule is CCn1cc(/C=C/C(=O)Nc2cnn(COCC(F)(F)F)c2)cn1. The molecule has 0 saturated heterocycles. The van der Waals surface area contributed by atoms with Gasteiger partial charge in [-0.1, -0.05) is 0 Å². The Balaban J connectivity index is 1.81. The highest BCUT2D eigenvalue weighted by Gasteiger charge is 2.27. The van der Waals surface area contributed by atoms with Gasteiger partial charge in [-0.2, -0.15) is 23.4 Å². The maximum Gasteiger partial charge on any atom is 0.411 e. The van der Waals surface area contributed by atoms with Gasteiger partial charge in [0.05, 0.1) is 24.3 Å². The first-order chi connectivity index (χ1) is 11.4. The van der Waals surface area contributed by atoms with Crippen LogP contribution in [0.15, 0.2) is 30.9 Å². The van der Waals surface area contributed by atoms with Crippen molar-refractivity contribution in [2.75, 3.05) is 11.9 Å². The molecule has 7 nitrogen and oxygen atoms in total. The van der Waals surface area contributed by atoms with Gasteiger partial charge < -0.3 is 10.1 Å². The second-order valence-electron chi connectivity index (χ2n) is 4.81. The molecule has 1 amide bonds. The Hall–Kier alpha value is -2.62. The molecule has 2 aromatic heterocycles. The van der Waals surface area contributed by atoms with E-state index in [4.69, 9.17) is 0 Å². The van der Waals surface area contributed by atoms with Crippen LogP contribution in [0.25, 0.3) is 6.08 Å². The lowest BCUT2D eigenvalue weighted by Gasteiger charge is -2.07. The van der Waals surface area contributed by atoms with Crippen molar-refractivity contribution >= 4 is 17.7 Å². The first-order valence-electron chi connectivity index (χ1n) is 7.04. The summed E-state index contributed by atoms with van der Waals surface area (Å²) in [6.45, 7) is 0.961. The molecule has 0 aromatic carbocycles. The number of halogens is 3. The quantitative estimate of drug-likeness (QED) is 0.783. The van der Waals surface area contributed by atoms with Gasteiger partial charge in [0, 0.05) is 24.4 Å². The highest BCUT2D eigenvalue weighted by Crippen LogP contribution is 2.15. The average Bonchev–Trinajstić information content (AvgIpc) is 3.13. The zero-order chi connectivity index (χ0) is 17.6. The van der Waals surface area contributed by atoms with Crippen LogP contribution >= 0.6 is 0 Å². The van der Waals surface area contributed by atoms with E-state index in [1.54, 1.807) is 23.2 Å². The third kappa shape index (κ3) is 5.88. The fourth-order valence-corrected chi connectivity index (χ4v) is 1.75. The predicted octanol–water partition coefficient (Wildman–Crippen LogP) is 2.29. The molecule has 2 rings (SSSR count). The van der Waals surface area contributed by atoms with Gasteiger partial charge in [0.25, 0.3) is 0 Å². The smallest absolute Gasteiger partial charge is 0.350 e. The lowest BCUT2D eigenvalue weighted by molar-refractivity contribution is -0.182. The minimum Gasteiger partial charge on any atom is -0.350 e. The Morgan fingerprint density at radius 1 is 1.29 bits per heavy atom. The highest BCUT2D eigenvalue weighted by molar-refractivity contribution is 6.01. The second-order valence-corrected chi connectivity index (χ2v) is 4.81. The lowest BCUT2D eigenvalue weighted by Crippen LogP contribution is -2.18. The molecular formula is C14H16F3N5O2. The molecule has 0 radical (unpaired) electrons. The van der Waals surface area contributed by atoms with Crippen LogP contribution < -0.4 is 5.32 Å². The first-order valence-corrected chi connectivity index (χ1v) is 7.04. The molecule has 0 bridgehead atoms. The van der Waals surface area contributed by atoms with Crippen LogP contribution in [-0.2, 0) is 22.8 Å². The minimum absolute atomic E-state index is 0.351. The number of rotatable bonds is 7. The number of anilines is 1. The molecule has 130 valence electrons. The summed E-state index contributed by atoms with van der Waals surface area (Å²) >= 11 is 0. The number of amides is 1. The number of hydrogen-bond donors (Lipinski definition) is 1. The number of aromatic nitrogens is 4. The standard InChI is InChI=1S/C14H16F3N5O2/c1-2-21-7-11(5-18-21)3-4-13(23)20-12-6-19-22(8-12)10-24-9-14(15,16)17/h3-8H,2,9-10H2,1H3,(H,20,23)/b4-3+. The summed E-state index contributed by atoms with van der Waals surface area (Å²) in [5.74, 6) is -0.394. The summed E-state index contributed by atoms with van der Waals surface area (Å²) < 4.78 is 43.2. The topological polar surface area (TPSA) is 74.0 Å². The van der Waals surface area contributed by atoms with Crippen LogP contribution in [-0.4, -0.2) is 38.3 Å². The summed E-state index contributed by atoms with van der Waals surface area (Å²) in [6, 6.07) is 0. The molecule has 24 heavy (non-hydrogen) atoms. The fourth-order valence-electron chi connectivity index (χ4n) is 1.75. The second kappa shape index (κ2) is 7.77. The van der Waals surface area contributed by atoms with E-state index in [2.05, 4.69) is 20.3 Å². The molecule has 2 heterocycles. The summed E-state index contributed by atoms with van der Waals surface area (Å²) in [7, 11) is 0. The molecule has 0 aliphatic rings. The van der Waals surface area contributed by atoms with Gasteiger partial charge in [0.15, 0.2) is 0 Å². The van der Waals surface area contributed by atoms with Gasteiger partial charge in [-0.15, -0.1) is 0 Å². The zero-order valence-electron chi connectivity index (χ0n) is 12.8. The summed E-state index contributed by atoms with van der Waals surface area (Å²) in [6.07, 6.45) is 4.65. The van der Waals surface area contributed by atoms with E-state index in [1.165, 1.54) is 18.5 Å². The largest absolute Gasteiger partial charge is 0.411 e. The number of alkyl halides is 3. The Bertz CT molecular complexity index is 705. The Labute approximate surface area is 135 Å². The van der Waals surface area contributed by atoms with E-state index in [-0.39, 0.29) is 6.73 Å². The molecule has 0 unspecified atom stereocenters. The van der Waals surface area contributed by atoms with Crippen molar-refractivity contribution in [3.63, 3.8) is 0 Å². The van der Waals surface area contributed by atoms with Crippen molar-refractivity contribution < 1.29 is 22.7 Å². The van der Waals surface area contributed by atoms with Crippen LogP contribution in [0, 0.1) is 0 Å². The minimum atomic E-state index is -4.39. The Kier molecular flexibility index (Phi) is 5.74. The number of ether oxygens (including phenoxy) is 1. The number of nitrogens with one attached hydrogen (secondary N) is 1. The molecule has 0 aliphatic carbocycles. The number of nitrogens with zero attached hydrogens (tertiary/aromatic N) is 4. The molecule has 0 fully saturated rings. The van der Waals surface area contributed by atoms with Gasteiger partial charge in [-0.25, -0.2) is 4.68 Å². The normalized spacial score (nSPS) is 12.0. The van der Waals surface area contributed by atoms with Crippen molar-refractivity contribution in [3.8, 4) is 0 Å². The van der Waals surface area contributed by atoms with Gasteiger partial charge in [0.2, 0.25) is 5.91 Å². The van der Waals surface area contributed by atoms with E-state index in [9.17, 15) is 18.0 Å². The van der Waals surface area contributed by atoms with E-state index >= 15 is 0 Å². The summed E-state index contributed by atoms with van der Waals surface area (Å²) in [5, 5.41) is 10.4. The van der Waals surface area contributed by atoms with E-state index in [0.717, 1.165) is 16.8 Å². The Morgan fingerprint density at radius 2 is 2.04 bits per heavy atom. The van der Waals surface area contributed by atoms with Crippen molar-refractivity contribution in [2.45, 2.75) is 26.4 Å². The summed E-state index contributed by atoms with van der Waals surface area (Å²) in [4.78, 5) is 11.8. The maximum absolute atomic E-state index is 12.0. The van der Waals surface area contributed by atoms with E-state index < -0.39 is 18.7 Å². The molecule has 1 N–H and O–H groups in total. The molecule has 2 aromatic rings. The fraction of sp³-hybridized carbons (Fsp3) is 0.357. The Morgan fingerprint density at radius 3 is 2.71 bits per heavy atom. The highest BCUT2D eigenvalue weighted by atomic mass is 19.4. The predicted molar refractivity (Wildman–Crippen MR) is 79.8 cm³/mol. The molecule has 0 saturated carbocycles. The van der Waals surface area contributed by atoms with Crippen LogP contribution in [0.1, 0.15) is 12.5 Å². The van der Waals surface area contributed by atoms with Gasteiger partial charge >= 0.3 is 6.18 Å². The number of hydrogen-bond acceptors (Lipinski definition) is 4. The van der Waals surface area contributed by atoms with Gasteiger partial charge in [-0.3, -0.25) is 9.48 Å². The van der Waals surface area contributed by atoms with E-state index in [1.807, 2.05) is 6.92 Å². The molecule has 0 spiro atoms. The van der Waals surface area contributed by atoms with Gasteiger partial charge in [-0.05, 0) is 13.0 Å².